The Morgan fingerprint density at radius 1 is 0.900 bits per heavy atom. The smallest absolute Gasteiger partial charge is 0.410 e. The van der Waals surface area contributed by atoms with Gasteiger partial charge < -0.3 is 24.0 Å². The molecule has 7 heteroatoms. The molecule has 1 amide bonds. The highest BCUT2D eigenvalue weighted by Crippen LogP contribution is 2.43. The summed E-state index contributed by atoms with van der Waals surface area (Å²) in [6.45, 7) is 8.45. The third-order valence-corrected chi connectivity index (χ3v) is 5.83. The summed E-state index contributed by atoms with van der Waals surface area (Å²) in [5.41, 5.74) is 0.670. The van der Waals surface area contributed by atoms with Gasteiger partial charge in [-0.05, 0) is 45.0 Å². The third kappa shape index (κ3) is 5.33. The SMILES string of the molecule is COc1cccc(Sc2ccccc2N2CCN(C(=O)OC(C)(C)C)CC2)c1OC. The van der Waals surface area contributed by atoms with Crippen LogP contribution < -0.4 is 14.4 Å². The Labute approximate surface area is 183 Å². The molecule has 3 rings (SSSR count). The summed E-state index contributed by atoms with van der Waals surface area (Å²) in [6, 6.07) is 14.2. The number of hydrogen-bond donors (Lipinski definition) is 0. The fourth-order valence-corrected chi connectivity index (χ4v) is 4.43. The second kappa shape index (κ2) is 9.51. The van der Waals surface area contributed by atoms with Crippen molar-refractivity contribution < 1.29 is 19.0 Å². The van der Waals surface area contributed by atoms with Crippen LogP contribution in [0.25, 0.3) is 0 Å². The Balaban J connectivity index is 1.74. The number of hydrogen-bond acceptors (Lipinski definition) is 6. The van der Waals surface area contributed by atoms with Crippen LogP contribution in [-0.2, 0) is 4.74 Å². The van der Waals surface area contributed by atoms with E-state index in [1.807, 2.05) is 51.1 Å². The Morgan fingerprint density at radius 3 is 2.20 bits per heavy atom. The summed E-state index contributed by atoms with van der Waals surface area (Å²) < 4.78 is 16.5. The van der Waals surface area contributed by atoms with Gasteiger partial charge in [0.1, 0.15) is 5.60 Å². The maximum absolute atomic E-state index is 12.4. The van der Waals surface area contributed by atoms with E-state index in [1.165, 1.54) is 0 Å². The minimum atomic E-state index is -0.479. The molecule has 1 aliphatic rings. The van der Waals surface area contributed by atoms with Gasteiger partial charge in [-0.15, -0.1) is 0 Å². The number of carbonyl (C=O) groups excluding carboxylic acids is 1. The lowest BCUT2D eigenvalue weighted by molar-refractivity contribution is 0.0240. The Morgan fingerprint density at radius 2 is 1.57 bits per heavy atom. The van der Waals surface area contributed by atoms with Crippen LogP contribution in [0.1, 0.15) is 20.8 Å². The summed E-state index contributed by atoms with van der Waals surface area (Å²) in [5, 5.41) is 0. The fourth-order valence-electron chi connectivity index (χ4n) is 3.32. The molecular weight excluding hydrogens is 400 g/mol. The molecule has 2 aromatic carbocycles. The van der Waals surface area contributed by atoms with Crippen molar-refractivity contribution in [3.8, 4) is 11.5 Å². The van der Waals surface area contributed by atoms with Crippen LogP contribution in [0.2, 0.25) is 0 Å². The molecule has 30 heavy (non-hydrogen) atoms. The molecule has 1 heterocycles. The predicted molar refractivity (Wildman–Crippen MR) is 120 cm³/mol. The van der Waals surface area contributed by atoms with Crippen molar-refractivity contribution in [2.75, 3.05) is 45.3 Å². The minimum Gasteiger partial charge on any atom is -0.493 e. The molecule has 2 aromatic rings. The Hall–Kier alpha value is -2.54. The second-order valence-corrected chi connectivity index (χ2v) is 9.10. The van der Waals surface area contributed by atoms with Crippen molar-refractivity contribution in [3.63, 3.8) is 0 Å². The van der Waals surface area contributed by atoms with E-state index in [-0.39, 0.29) is 6.09 Å². The number of piperazine rings is 1. The molecule has 0 saturated carbocycles. The number of rotatable bonds is 5. The fraction of sp³-hybridized carbons (Fsp3) is 0.435. The van der Waals surface area contributed by atoms with Gasteiger partial charge in [-0.25, -0.2) is 4.79 Å². The van der Waals surface area contributed by atoms with E-state index >= 15 is 0 Å². The van der Waals surface area contributed by atoms with Crippen LogP contribution in [0.4, 0.5) is 10.5 Å². The predicted octanol–water partition coefficient (Wildman–Crippen LogP) is 4.91. The second-order valence-electron chi connectivity index (χ2n) is 8.02. The standard InChI is InChI=1S/C23H30N2O4S/c1-23(2,3)29-22(26)25-15-13-24(14-16-25)17-9-6-7-11-19(17)30-20-12-8-10-18(27-4)21(20)28-5/h6-12H,13-16H2,1-5H3. The van der Waals surface area contributed by atoms with Gasteiger partial charge >= 0.3 is 6.09 Å². The first-order valence-electron chi connectivity index (χ1n) is 10.0. The van der Waals surface area contributed by atoms with Crippen molar-refractivity contribution in [2.24, 2.45) is 0 Å². The molecule has 162 valence electrons. The van der Waals surface area contributed by atoms with E-state index in [2.05, 4.69) is 17.0 Å². The van der Waals surface area contributed by atoms with Crippen molar-refractivity contribution >= 4 is 23.5 Å². The van der Waals surface area contributed by atoms with Crippen molar-refractivity contribution in [2.45, 2.75) is 36.2 Å². The zero-order valence-electron chi connectivity index (χ0n) is 18.3. The summed E-state index contributed by atoms with van der Waals surface area (Å²) >= 11 is 1.65. The lowest BCUT2D eigenvalue weighted by atomic mass is 10.2. The van der Waals surface area contributed by atoms with Crippen LogP contribution in [-0.4, -0.2) is 57.0 Å². The third-order valence-electron chi connectivity index (χ3n) is 4.72. The lowest BCUT2D eigenvalue weighted by Crippen LogP contribution is -2.50. The van der Waals surface area contributed by atoms with E-state index in [0.717, 1.165) is 34.3 Å². The molecule has 0 atom stereocenters. The van der Waals surface area contributed by atoms with Crippen molar-refractivity contribution in [3.05, 3.63) is 42.5 Å². The maximum Gasteiger partial charge on any atom is 0.410 e. The van der Waals surface area contributed by atoms with E-state index in [1.54, 1.807) is 30.9 Å². The quantitative estimate of drug-likeness (QED) is 0.672. The van der Waals surface area contributed by atoms with E-state index in [4.69, 9.17) is 14.2 Å². The number of benzene rings is 2. The van der Waals surface area contributed by atoms with Gasteiger partial charge in [0.05, 0.1) is 24.8 Å². The molecule has 1 aliphatic heterocycles. The summed E-state index contributed by atoms with van der Waals surface area (Å²) in [6.07, 6.45) is -0.245. The molecule has 1 saturated heterocycles. The van der Waals surface area contributed by atoms with Crippen LogP contribution in [0.3, 0.4) is 0 Å². The first-order valence-corrected chi connectivity index (χ1v) is 10.8. The molecule has 0 unspecified atom stereocenters. The van der Waals surface area contributed by atoms with Gasteiger partial charge in [0, 0.05) is 31.1 Å². The summed E-state index contributed by atoms with van der Waals surface area (Å²) in [7, 11) is 3.30. The number of para-hydroxylation sites is 2. The largest absolute Gasteiger partial charge is 0.493 e. The van der Waals surface area contributed by atoms with Crippen molar-refractivity contribution in [1.82, 2.24) is 4.90 Å². The van der Waals surface area contributed by atoms with Gasteiger partial charge in [-0.3, -0.25) is 0 Å². The number of amides is 1. The lowest BCUT2D eigenvalue weighted by Gasteiger charge is -2.37. The highest BCUT2D eigenvalue weighted by molar-refractivity contribution is 7.99. The van der Waals surface area contributed by atoms with Gasteiger partial charge in [0.25, 0.3) is 0 Å². The molecule has 0 aromatic heterocycles. The topological polar surface area (TPSA) is 51.2 Å². The van der Waals surface area contributed by atoms with E-state index < -0.39 is 5.60 Å². The molecule has 6 nitrogen and oxygen atoms in total. The molecule has 0 radical (unpaired) electrons. The number of methoxy groups -OCH3 is 2. The van der Waals surface area contributed by atoms with Gasteiger partial charge in [-0.2, -0.15) is 0 Å². The zero-order chi connectivity index (χ0) is 21.7. The van der Waals surface area contributed by atoms with Crippen LogP contribution in [0.15, 0.2) is 52.3 Å². The molecule has 0 bridgehead atoms. The molecule has 1 fully saturated rings. The average Bonchev–Trinajstić information content (AvgIpc) is 2.73. The van der Waals surface area contributed by atoms with Crippen LogP contribution >= 0.6 is 11.8 Å². The average molecular weight is 431 g/mol. The Bertz CT molecular complexity index is 874. The summed E-state index contributed by atoms with van der Waals surface area (Å²) in [5.74, 6) is 1.44. The van der Waals surface area contributed by atoms with E-state index in [9.17, 15) is 4.79 Å². The number of carbonyl (C=O) groups is 1. The number of anilines is 1. The molecule has 0 N–H and O–H groups in total. The maximum atomic E-state index is 12.4. The Kier molecular flexibility index (Phi) is 7.02. The van der Waals surface area contributed by atoms with Crippen LogP contribution in [0.5, 0.6) is 11.5 Å². The highest BCUT2D eigenvalue weighted by atomic mass is 32.2. The first kappa shape index (κ1) is 22.2. The zero-order valence-corrected chi connectivity index (χ0v) is 19.1. The van der Waals surface area contributed by atoms with Gasteiger partial charge in [0.15, 0.2) is 11.5 Å². The minimum absolute atomic E-state index is 0.245. The molecule has 0 spiro atoms. The van der Waals surface area contributed by atoms with Crippen LogP contribution in [0, 0.1) is 0 Å². The monoisotopic (exact) mass is 430 g/mol. The van der Waals surface area contributed by atoms with Gasteiger partial charge in [0.2, 0.25) is 0 Å². The first-order chi connectivity index (χ1) is 14.3. The number of ether oxygens (including phenoxy) is 3. The van der Waals surface area contributed by atoms with E-state index in [0.29, 0.717) is 18.8 Å². The van der Waals surface area contributed by atoms with Crippen molar-refractivity contribution in [1.29, 1.82) is 0 Å². The number of nitrogens with zero attached hydrogens (tertiary/aromatic N) is 2. The highest BCUT2D eigenvalue weighted by Gasteiger charge is 2.27. The summed E-state index contributed by atoms with van der Waals surface area (Å²) in [4.78, 5) is 18.6. The van der Waals surface area contributed by atoms with Gasteiger partial charge in [-0.1, -0.05) is 30.0 Å². The molecular formula is C23H30N2O4S. The normalized spacial score (nSPS) is 14.4. The molecule has 0 aliphatic carbocycles.